The fraction of sp³-hybridized carbons (Fsp3) is 0.375. The molecule has 0 amide bonds. The first kappa shape index (κ1) is 13.8. The first-order valence-corrected chi connectivity index (χ1v) is 7.25. The van der Waals surface area contributed by atoms with Crippen LogP contribution >= 0.6 is 0 Å². The number of imidazole rings is 1. The van der Waals surface area contributed by atoms with Gasteiger partial charge >= 0.3 is 5.97 Å². The van der Waals surface area contributed by atoms with E-state index in [2.05, 4.69) is 21.7 Å². The monoisotopic (exact) mass is 285 g/mol. The van der Waals surface area contributed by atoms with Gasteiger partial charge < -0.3 is 9.67 Å². The van der Waals surface area contributed by atoms with Gasteiger partial charge in [-0.05, 0) is 24.9 Å². The molecule has 1 aromatic heterocycles. The van der Waals surface area contributed by atoms with Crippen LogP contribution in [0.4, 0.5) is 0 Å². The molecule has 5 heteroatoms. The highest BCUT2D eigenvalue weighted by Crippen LogP contribution is 2.20. The smallest absolute Gasteiger partial charge is 0.320 e. The summed E-state index contributed by atoms with van der Waals surface area (Å²) < 4.78 is 2.09. The van der Waals surface area contributed by atoms with Gasteiger partial charge in [-0.15, -0.1) is 0 Å². The molecule has 21 heavy (non-hydrogen) atoms. The van der Waals surface area contributed by atoms with Crippen LogP contribution in [0.25, 0.3) is 0 Å². The maximum absolute atomic E-state index is 11.2. The summed E-state index contributed by atoms with van der Waals surface area (Å²) in [5.74, 6) is 0.195. The van der Waals surface area contributed by atoms with Gasteiger partial charge in [0, 0.05) is 18.9 Å². The van der Waals surface area contributed by atoms with E-state index >= 15 is 0 Å². The first-order valence-electron chi connectivity index (χ1n) is 7.25. The molecule has 0 saturated carbocycles. The maximum Gasteiger partial charge on any atom is 0.320 e. The molecule has 5 nitrogen and oxygen atoms in total. The molecule has 1 aliphatic heterocycles. The number of benzene rings is 1. The molecule has 0 aliphatic carbocycles. The van der Waals surface area contributed by atoms with Gasteiger partial charge in [-0.25, -0.2) is 4.98 Å². The van der Waals surface area contributed by atoms with Crippen LogP contribution in [-0.4, -0.2) is 38.1 Å². The highest BCUT2D eigenvalue weighted by molar-refractivity contribution is 5.73. The number of hydrogen-bond donors (Lipinski definition) is 1. The third-order valence-electron chi connectivity index (χ3n) is 3.99. The van der Waals surface area contributed by atoms with Crippen molar-refractivity contribution in [1.82, 2.24) is 14.5 Å². The van der Waals surface area contributed by atoms with Crippen LogP contribution in [0.5, 0.6) is 0 Å². The predicted molar refractivity (Wildman–Crippen MR) is 78.8 cm³/mol. The van der Waals surface area contributed by atoms with Gasteiger partial charge in [0.2, 0.25) is 0 Å². The Kier molecular flexibility index (Phi) is 4.01. The summed E-state index contributed by atoms with van der Waals surface area (Å²) in [5, 5.41) is 9.25. The standard InChI is InChI=1S/C16H19N3O2/c20-16(21)14-7-4-9-18(14)12-15-17-8-10-19(15)11-13-5-2-1-3-6-13/h1-3,5-6,8,10,14H,4,7,9,11-12H2,(H,20,21). The van der Waals surface area contributed by atoms with E-state index in [4.69, 9.17) is 0 Å². The molecule has 1 atom stereocenters. The second kappa shape index (κ2) is 6.10. The fourth-order valence-electron chi connectivity index (χ4n) is 2.89. The quantitative estimate of drug-likeness (QED) is 0.912. The van der Waals surface area contributed by atoms with E-state index in [1.165, 1.54) is 5.56 Å². The van der Waals surface area contributed by atoms with Crippen molar-refractivity contribution < 1.29 is 9.90 Å². The Labute approximate surface area is 123 Å². The zero-order valence-corrected chi connectivity index (χ0v) is 11.9. The topological polar surface area (TPSA) is 58.4 Å². The number of likely N-dealkylation sites (tertiary alicyclic amines) is 1. The Balaban J connectivity index is 1.72. The minimum atomic E-state index is -0.728. The van der Waals surface area contributed by atoms with Crippen molar-refractivity contribution in [3.05, 3.63) is 54.1 Å². The van der Waals surface area contributed by atoms with E-state index < -0.39 is 5.97 Å². The molecule has 1 saturated heterocycles. The molecule has 2 heterocycles. The summed E-state index contributed by atoms with van der Waals surface area (Å²) in [7, 11) is 0. The third kappa shape index (κ3) is 3.13. The van der Waals surface area contributed by atoms with E-state index in [1.807, 2.05) is 29.3 Å². The van der Waals surface area contributed by atoms with Crippen molar-refractivity contribution in [2.75, 3.05) is 6.54 Å². The largest absolute Gasteiger partial charge is 0.480 e. The Bertz CT molecular complexity index is 609. The third-order valence-corrected chi connectivity index (χ3v) is 3.99. The van der Waals surface area contributed by atoms with Crippen LogP contribution in [0.2, 0.25) is 0 Å². The summed E-state index contributed by atoms with van der Waals surface area (Å²) in [6.45, 7) is 2.19. The lowest BCUT2D eigenvalue weighted by Gasteiger charge is -2.21. The molecule has 0 radical (unpaired) electrons. The number of hydrogen-bond acceptors (Lipinski definition) is 3. The number of carboxylic acids is 1. The molecule has 2 aromatic rings. The molecule has 1 fully saturated rings. The molecule has 1 N–H and O–H groups in total. The Morgan fingerprint density at radius 1 is 1.29 bits per heavy atom. The second-order valence-electron chi connectivity index (χ2n) is 5.42. The van der Waals surface area contributed by atoms with Crippen molar-refractivity contribution in [2.24, 2.45) is 0 Å². The lowest BCUT2D eigenvalue weighted by atomic mass is 10.2. The Hall–Kier alpha value is -2.14. The molecule has 0 spiro atoms. The number of aromatic nitrogens is 2. The predicted octanol–water partition coefficient (Wildman–Crippen LogP) is 1.98. The number of nitrogens with zero attached hydrogens (tertiary/aromatic N) is 3. The Morgan fingerprint density at radius 2 is 2.10 bits per heavy atom. The Morgan fingerprint density at radius 3 is 2.86 bits per heavy atom. The molecular weight excluding hydrogens is 266 g/mol. The van der Waals surface area contributed by atoms with Gasteiger partial charge in [-0.1, -0.05) is 30.3 Å². The minimum Gasteiger partial charge on any atom is -0.480 e. The highest BCUT2D eigenvalue weighted by atomic mass is 16.4. The van der Waals surface area contributed by atoms with Crippen LogP contribution in [0.1, 0.15) is 24.2 Å². The van der Waals surface area contributed by atoms with Crippen molar-refractivity contribution >= 4 is 5.97 Å². The maximum atomic E-state index is 11.2. The van der Waals surface area contributed by atoms with Gasteiger partial charge in [0.25, 0.3) is 0 Å². The number of rotatable bonds is 5. The first-order chi connectivity index (χ1) is 10.2. The second-order valence-corrected chi connectivity index (χ2v) is 5.42. The summed E-state index contributed by atoms with van der Waals surface area (Å²) in [4.78, 5) is 17.7. The summed E-state index contributed by atoms with van der Waals surface area (Å²) >= 11 is 0. The minimum absolute atomic E-state index is 0.369. The van der Waals surface area contributed by atoms with E-state index in [0.717, 1.165) is 31.8 Å². The van der Waals surface area contributed by atoms with Gasteiger partial charge in [0.05, 0.1) is 6.54 Å². The average molecular weight is 285 g/mol. The van der Waals surface area contributed by atoms with Crippen molar-refractivity contribution in [3.8, 4) is 0 Å². The number of carboxylic acid groups (broad SMARTS) is 1. The van der Waals surface area contributed by atoms with Crippen LogP contribution < -0.4 is 0 Å². The van der Waals surface area contributed by atoms with Crippen LogP contribution in [0.3, 0.4) is 0 Å². The highest BCUT2D eigenvalue weighted by Gasteiger charge is 2.31. The molecule has 1 unspecified atom stereocenters. The van der Waals surface area contributed by atoms with E-state index in [9.17, 15) is 9.90 Å². The SMILES string of the molecule is O=C(O)C1CCCN1Cc1nccn1Cc1ccccc1. The van der Waals surface area contributed by atoms with Gasteiger partial charge in [-0.3, -0.25) is 9.69 Å². The zero-order chi connectivity index (χ0) is 14.7. The van der Waals surface area contributed by atoms with Crippen LogP contribution in [0.15, 0.2) is 42.7 Å². The molecule has 1 aromatic carbocycles. The van der Waals surface area contributed by atoms with Crippen molar-refractivity contribution in [3.63, 3.8) is 0 Å². The normalized spacial score (nSPS) is 19.0. The molecular formula is C16H19N3O2. The number of aliphatic carboxylic acids is 1. The number of carbonyl (C=O) groups is 1. The molecule has 0 bridgehead atoms. The lowest BCUT2D eigenvalue weighted by molar-refractivity contribution is -0.142. The molecule has 1 aliphatic rings. The van der Waals surface area contributed by atoms with E-state index in [-0.39, 0.29) is 6.04 Å². The van der Waals surface area contributed by atoms with Crippen molar-refractivity contribution in [1.29, 1.82) is 0 Å². The van der Waals surface area contributed by atoms with E-state index in [0.29, 0.717) is 6.54 Å². The summed E-state index contributed by atoms with van der Waals surface area (Å²) in [6, 6.07) is 9.84. The molecule has 3 rings (SSSR count). The molecule has 110 valence electrons. The average Bonchev–Trinajstić information content (AvgIpc) is 3.11. The summed E-state index contributed by atoms with van der Waals surface area (Å²) in [6.07, 6.45) is 5.41. The van der Waals surface area contributed by atoms with Gasteiger partial charge in [0.1, 0.15) is 11.9 Å². The van der Waals surface area contributed by atoms with Crippen LogP contribution in [-0.2, 0) is 17.9 Å². The van der Waals surface area contributed by atoms with Gasteiger partial charge in [0.15, 0.2) is 0 Å². The van der Waals surface area contributed by atoms with Crippen molar-refractivity contribution in [2.45, 2.75) is 32.0 Å². The lowest BCUT2D eigenvalue weighted by Crippen LogP contribution is -2.36. The zero-order valence-electron chi connectivity index (χ0n) is 11.9. The van der Waals surface area contributed by atoms with Gasteiger partial charge in [-0.2, -0.15) is 0 Å². The summed E-state index contributed by atoms with van der Waals surface area (Å²) in [5.41, 5.74) is 1.22. The fourth-order valence-corrected chi connectivity index (χ4v) is 2.89. The van der Waals surface area contributed by atoms with Crippen LogP contribution in [0, 0.1) is 0 Å². The van der Waals surface area contributed by atoms with E-state index in [1.54, 1.807) is 6.20 Å².